The predicted molar refractivity (Wildman–Crippen MR) is 95.9 cm³/mol. The molecule has 3 aromatic rings. The number of thiophene rings is 1. The van der Waals surface area contributed by atoms with Crippen molar-refractivity contribution in [2.24, 2.45) is 0 Å². The highest BCUT2D eigenvalue weighted by Crippen LogP contribution is 2.22. The van der Waals surface area contributed by atoms with Crippen LogP contribution in [0.15, 0.2) is 23.3 Å². The minimum Gasteiger partial charge on any atom is -0.271 e. The van der Waals surface area contributed by atoms with Crippen LogP contribution in [0.4, 0.5) is 5.69 Å². The number of nitrogens with one attached hydrogen (secondary N) is 1. The SMILES string of the molecule is CCCc1cc2c(=O)n(NC(=O)Cn3cc([N+](=O)[O-])cn3)c(C)nc2s1. The second kappa shape index (κ2) is 7.04. The summed E-state index contributed by atoms with van der Waals surface area (Å²) >= 11 is 1.47. The summed E-state index contributed by atoms with van der Waals surface area (Å²) in [6, 6.07) is 1.80. The standard InChI is InChI=1S/C15H16N6O4S/c1-3-4-11-5-12-14(26-11)17-9(2)20(15(12)23)18-13(22)8-19-7-10(6-16-19)21(24)25/h5-7H,3-4,8H2,1-2H3,(H,18,22). The van der Waals surface area contributed by atoms with Gasteiger partial charge < -0.3 is 0 Å². The van der Waals surface area contributed by atoms with Crippen molar-refractivity contribution in [3.63, 3.8) is 0 Å². The van der Waals surface area contributed by atoms with Gasteiger partial charge in [-0.15, -0.1) is 11.3 Å². The summed E-state index contributed by atoms with van der Waals surface area (Å²) in [5.41, 5.74) is 1.91. The molecule has 3 heterocycles. The van der Waals surface area contributed by atoms with Crippen molar-refractivity contribution in [2.45, 2.75) is 33.2 Å². The summed E-state index contributed by atoms with van der Waals surface area (Å²) in [4.78, 5) is 41.0. The van der Waals surface area contributed by atoms with Crippen LogP contribution in [0.3, 0.4) is 0 Å². The third-order valence-electron chi connectivity index (χ3n) is 3.65. The van der Waals surface area contributed by atoms with Crippen molar-refractivity contribution in [1.29, 1.82) is 0 Å². The molecule has 1 amide bonds. The molecular weight excluding hydrogens is 360 g/mol. The Morgan fingerprint density at radius 3 is 2.88 bits per heavy atom. The zero-order chi connectivity index (χ0) is 18.8. The van der Waals surface area contributed by atoms with Crippen LogP contribution in [0.2, 0.25) is 0 Å². The molecule has 0 aromatic carbocycles. The molecule has 0 bridgehead atoms. The Bertz CT molecular complexity index is 1050. The molecule has 10 nitrogen and oxygen atoms in total. The number of carbonyl (C=O) groups excluding carboxylic acids is 1. The molecule has 0 radical (unpaired) electrons. The van der Waals surface area contributed by atoms with Gasteiger partial charge in [-0.25, -0.2) is 9.66 Å². The molecule has 0 aliphatic heterocycles. The van der Waals surface area contributed by atoms with Crippen molar-refractivity contribution < 1.29 is 9.72 Å². The highest BCUT2D eigenvalue weighted by Gasteiger charge is 2.15. The van der Waals surface area contributed by atoms with Crippen LogP contribution in [-0.4, -0.2) is 30.3 Å². The summed E-state index contributed by atoms with van der Waals surface area (Å²) < 4.78 is 2.22. The number of fused-ring (bicyclic) bond motifs is 1. The van der Waals surface area contributed by atoms with Crippen LogP contribution < -0.4 is 11.0 Å². The van der Waals surface area contributed by atoms with E-state index in [4.69, 9.17) is 0 Å². The zero-order valence-corrected chi connectivity index (χ0v) is 14.9. The first-order chi connectivity index (χ1) is 12.4. The molecule has 3 rings (SSSR count). The van der Waals surface area contributed by atoms with Crippen molar-refractivity contribution in [2.75, 3.05) is 5.43 Å². The summed E-state index contributed by atoms with van der Waals surface area (Å²) in [6.45, 7) is 3.42. The van der Waals surface area contributed by atoms with E-state index in [0.717, 1.165) is 39.5 Å². The minimum absolute atomic E-state index is 0.212. The molecule has 0 spiro atoms. The lowest BCUT2D eigenvalue weighted by molar-refractivity contribution is -0.385. The Hall–Kier alpha value is -3.08. The van der Waals surface area contributed by atoms with E-state index in [1.165, 1.54) is 11.3 Å². The van der Waals surface area contributed by atoms with Crippen molar-refractivity contribution >= 4 is 33.1 Å². The Balaban J connectivity index is 1.84. The fourth-order valence-electron chi connectivity index (χ4n) is 2.47. The molecular formula is C15H16N6O4S. The Morgan fingerprint density at radius 2 is 2.23 bits per heavy atom. The Morgan fingerprint density at radius 1 is 1.46 bits per heavy atom. The third-order valence-corrected chi connectivity index (χ3v) is 4.74. The first-order valence-corrected chi connectivity index (χ1v) is 8.69. The maximum absolute atomic E-state index is 12.7. The first-order valence-electron chi connectivity index (χ1n) is 7.87. The van der Waals surface area contributed by atoms with Crippen LogP contribution >= 0.6 is 11.3 Å². The van der Waals surface area contributed by atoms with E-state index in [1.807, 2.05) is 0 Å². The number of amides is 1. The summed E-state index contributed by atoms with van der Waals surface area (Å²) in [5, 5.41) is 14.9. The van der Waals surface area contributed by atoms with Crippen LogP contribution in [-0.2, 0) is 17.8 Å². The largest absolute Gasteiger partial charge is 0.307 e. The van der Waals surface area contributed by atoms with Gasteiger partial charge in [0.15, 0.2) is 0 Å². The molecule has 0 aliphatic carbocycles. The third kappa shape index (κ3) is 3.47. The topological polar surface area (TPSA) is 125 Å². The second-order valence-corrected chi connectivity index (χ2v) is 6.78. The molecule has 0 aliphatic rings. The quantitative estimate of drug-likeness (QED) is 0.514. The zero-order valence-electron chi connectivity index (χ0n) is 14.1. The number of nitro groups is 1. The normalized spacial score (nSPS) is 11.0. The van der Waals surface area contributed by atoms with E-state index in [0.29, 0.717) is 16.0 Å². The van der Waals surface area contributed by atoms with Crippen LogP contribution in [0, 0.1) is 17.0 Å². The fraction of sp³-hybridized carbons (Fsp3) is 0.333. The average Bonchev–Trinajstić information content (AvgIpc) is 3.19. The van der Waals surface area contributed by atoms with Crippen molar-refractivity contribution in [3.05, 3.63) is 49.6 Å². The van der Waals surface area contributed by atoms with E-state index in [-0.39, 0.29) is 17.8 Å². The Kier molecular flexibility index (Phi) is 4.80. The van der Waals surface area contributed by atoms with Gasteiger partial charge in [0.05, 0.1) is 10.3 Å². The summed E-state index contributed by atoms with van der Waals surface area (Å²) in [6.07, 6.45) is 4.03. The van der Waals surface area contributed by atoms with E-state index in [9.17, 15) is 19.7 Å². The lowest BCUT2D eigenvalue weighted by Crippen LogP contribution is -2.36. The van der Waals surface area contributed by atoms with Gasteiger partial charge >= 0.3 is 5.69 Å². The van der Waals surface area contributed by atoms with Gasteiger partial charge in [0, 0.05) is 4.88 Å². The smallest absolute Gasteiger partial charge is 0.271 e. The summed E-state index contributed by atoms with van der Waals surface area (Å²) in [5.74, 6) is -0.189. The van der Waals surface area contributed by atoms with E-state index in [2.05, 4.69) is 22.4 Å². The van der Waals surface area contributed by atoms with Crippen molar-refractivity contribution in [1.82, 2.24) is 19.4 Å². The molecule has 11 heteroatoms. The molecule has 26 heavy (non-hydrogen) atoms. The Labute approximate surface area is 151 Å². The molecule has 0 unspecified atom stereocenters. The number of aromatic nitrogens is 4. The van der Waals surface area contributed by atoms with Gasteiger partial charge in [-0.2, -0.15) is 5.10 Å². The molecule has 136 valence electrons. The average molecular weight is 376 g/mol. The number of carbonyl (C=O) groups is 1. The molecule has 1 N–H and O–H groups in total. The van der Waals surface area contributed by atoms with Gasteiger partial charge in [0.1, 0.15) is 29.6 Å². The van der Waals surface area contributed by atoms with Crippen molar-refractivity contribution in [3.8, 4) is 0 Å². The van der Waals surface area contributed by atoms with Gasteiger partial charge in [0.25, 0.3) is 11.5 Å². The fourth-order valence-corrected chi connectivity index (χ4v) is 3.64. The maximum Gasteiger partial charge on any atom is 0.307 e. The highest BCUT2D eigenvalue weighted by atomic mass is 32.1. The molecule has 3 aromatic heterocycles. The number of hydrogen-bond donors (Lipinski definition) is 1. The number of hydrogen-bond acceptors (Lipinski definition) is 7. The first kappa shape index (κ1) is 17.7. The molecule has 0 saturated heterocycles. The number of aryl methyl sites for hydroxylation is 2. The lowest BCUT2D eigenvalue weighted by Gasteiger charge is -2.10. The molecule has 0 atom stereocenters. The summed E-state index contributed by atoms with van der Waals surface area (Å²) in [7, 11) is 0. The predicted octanol–water partition coefficient (Wildman–Crippen LogP) is 1.59. The molecule has 0 saturated carbocycles. The highest BCUT2D eigenvalue weighted by molar-refractivity contribution is 7.18. The van der Waals surface area contributed by atoms with Crippen LogP contribution in [0.5, 0.6) is 0 Å². The van der Waals surface area contributed by atoms with E-state index >= 15 is 0 Å². The number of nitrogens with zero attached hydrogens (tertiary/aromatic N) is 5. The van der Waals surface area contributed by atoms with Crippen LogP contribution in [0.1, 0.15) is 24.0 Å². The van der Waals surface area contributed by atoms with Gasteiger partial charge in [-0.05, 0) is 19.4 Å². The van der Waals surface area contributed by atoms with Gasteiger partial charge in [0.2, 0.25) is 0 Å². The molecule has 0 fully saturated rings. The lowest BCUT2D eigenvalue weighted by atomic mass is 10.2. The maximum atomic E-state index is 12.7. The monoisotopic (exact) mass is 376 g/mol. The number of rotatable bonds is 6. The second-order valence-electron chi connectivity index (χ2n) is 5.67. The van der Waals surface area contributed by atoms with Gasteiger partial charge in [-0.3, -0.25) is 29.8 Å². The minimum atomic E-state index is -0.599. The van der Waals surface area contributed by atoms with E-state index < -0.39 is 10.8 Å². The van der Waals surface area contributed by atoms with Crippen LogP contribution in [0.25, 0.3) is 10.2 Å². The van der Waals surface area contributed by atoms with Gasteiger partial charge in [-0.1, -0.05) is 13.3 Å². The van der Waals surface area contributed by atoms with E-state index in [1.54, 1.807) is 13.0 Å².